The predicted octanol–water partition coefficient (Wildman–Crippen LogP) is 4.53. The Bertz CT molecular complexity index is 1680. The Morgan fingerprint density at radius 1 is 1.09 bits per heavy atom. The van der Waals surface area contributed by atoms with Gasteiger partial charge in [0.25, 0.3) is 10.0 Å². The summed E-state index contributed by atoms with van der Waals surface area (Å²) in [6, 6.07) is 7.15. The van der Waals surface area contributed by atoms with E-state index in [4.69, 9.17) is 11.6 Å². The minimum Gasteiger partial charge on any atom is -0.345 e. The normalized spacial score (nSPS) is 11.8. The number of H-pyrrole nitrogens is 1. The van der Waals surface area contributed by atoms with Crippen molar-refractivity contribution in [3.63, 3.8) is 0 Å². The molecule has 0 saturated heterocycles. The van der Waals surface area contributed by atoms with Crippen LogP contribution in [0, 0.1) is 11.6 Å². The molecule has 3 aromatic heterocycles. The molecule has 0 spiro atoms. The van der Waals surface area contributed by atoms with Crippen molar-refractivity contribution >= 4 is 66.9 Å². The fraction of sp³-hybridized carbons (Fsp3) is 0. The van der Waals surface area contributed by atoms with Crippen molar-refractivity contribution in [1.82, 2.24) is 18.7 Å². The summed E-state index contributed by atoms with van der Waals surface area (Å²) in [7, 11) is -4.28. The Morgan fingerprint density at radius 3 is 2.70 bits per heavy atom. The molecular weight excluding hydrogens is 496 g/mol. The Hall–Kier alpha value is -3.48. The second kappa shape index (κ2) is 7.83. The number of carbonyl (C=O) groups excluding carboxylic acids is 1. The first-order chi connectivity index (χ1) is 15.7. The van der Waals surface area contributed by atoms with Crippen LogP contribution >= 0.6 is 23.3 Å². The number of nitrogens with zero attached hydrogens (tertiary/aromatic N) is 3. The molecule has 0 unspecified atom stereocenters. The Morgan fingerprint density at radius 2 is 1.88 bits per heavy atom. The molecule has 0 aliphatic carbocycles. The zero-order valence-electron chi connectivity index (χ0n) is 16.1. The summed E-state index contributed by atoms with van der Waals surface area (Å²) in [5, 5.41) is 0.494. The summed E-state index contributed by atoms with van der Waals surface area (Å²) in [6.07, 6.45) is 2.60. The van der Waals surface area contributed by atoms with Gasteiger partial charge in [0.2, 0.25) is 5.78 Å². The van der Waals surface area contributed by atoms with Gasteiger partial charge < -0.3 is 4.98 Å². The van der Waals surface area contributed by atoms with Gasteiger partial charge in [-0.3, -0.25) is 9.52 Å². The van der Waals surface area contributed by atoms with Crippen LogP contribution in [0.3, 0.4) is 0 Å². The molecule has 33 heavy (non-hydrogen) atoms. The highest BCUT2D eigenvalue weighted by atomic mass is 35.5. The molecule has 0 amide bonds. The van der Waals surface area contributed by atoms with Gasteiger partial charge in [0.05, 0.1) is 32.9 Å². The number of rotatable bonds is 5. The number of pyridine rings is 1. The number of aromatic amines is 1. The zero-order chi connectivity index (χ0) is 23.3. The summed E-state index contributed by atoms with van der Waals surface area (Å²) in [6.45, 7) is 0. The lowest BCUT2D eigenvalue weighted by molar-refractivity contribution is 0.103. The van der Waals surface area contributed by atoms with E-state index in [9.17, 15) is 17.6 Å². The van der Waals surface area contributed by atoms with Crippen molar-refractivity contribution in [2.24, 2.45) is 0 Å². The standard InChI is InChI=1S/C20H10ClF2N5O3S2/c21-9-5-11-12(8-25-20(11)24-7-9)19(29)17-13(22)2-4-15(18(17)23)28-33(30,31)10-1-3-14-16(6-10)27-32-26-14/h1-8,28H,(H,24,25). The Balaban J connectivity index is 1.55. The molecule has 2 N–H and O–H groups in total. The molecule has 0 radical (unpaired) electrons. The molecule has 166 valence electrons. The lowest BCUT2D eigenvalue weighted by Gasteiger charge is -2.12. The summed E-state index contributed by atoms with van der Waals surface area (Å²) in [5.74, 6) is -3.51. The average molecular weight is 506 g/mol. The van der Waals surface area contributed by atoms with Gasteiger partial charge in [-0.25, -0.2) is 22.2 Å². The number of halogens is 3. The fourth-order valence-corrected chi connectivity index (χ4v) is 5.03. The van der Waals surface area contributed by atoms with E-state index in [1.807, 2.05) is 0 Å². The van der Waals surface area contributed by atoms with Gasteiger partial charge in [0.1, 0.15) is 22.5 Å². The van der Waals surface area contributed by atoms with Crippen LogP contribution in [0.2, 0.25) is 5.02 Å². The summed E-state index contributed by atoms with van der Waals surface area (Å²) >= 11 is 6.84. The van der Waals surface area contributed by atoms with Crippen LogP contribution in [0.1, 0.15) is 15.9 Å². The van der Waals surface area contributed by atoms with Crippen molar-refractivity contribution < 1.29 is 22.0 Å². The van der Waals surface area contributed by atoms with E-state index >= 15 is 4.39 Å². The molecule has 0 saturated carbocycles. The Labute approximate surface area is 193 Å². The van der Waals surface area contributed by atoms with Crippen LogP contribution < -0.4 is 4.72 Å². The summed E-state index contributed by atoms with van der Waals surface area (Å²) < 4.78 is 65.4. The first kappa shape index (κ1) is 21.4. The largest absolute Gasteiger partial charge is 0.345 e. The van der Waals surface area contributed by atoms with Crippen LogP contribution in [0.15, 0.2) is 53.7 Å². The van der Waals surface area contributed by atoms with Gasteiger partial charge >= 0.3 is 0 Å². The maximum absolute atomic E-state index is 15.2. The van der Waals surface area contributed by atoms with Gasteiger partial charge in [0.15, 0.2) is 5.82 Å². The topological polar surface area (TPSA) is 118 Å². The number of aromatic nitrogens is 4. The number of nitrogens with one attached hydrogen (secondary N) is 2. The maximum Gasteiger partial charge on any atom is 0.262 e. The molecule has 3 heterocycles. The highest BCUT2D eigenvalue weighted by Crippen LogP contribution is 2.29. The van der Waals surface area contributed by atoms with Gasteiger partial charge in [-0.1, -0.05) is 11.6 Å². The maximum atomic E-state index is 15.2. The second-order valence-electron chi connectivity index (χ2n) is 6.89. The molecule has 0 fully saturated rings. The van der Waals surface area contributed by atoms with Crippen molar-refractivity contribution in [2.75, 3.05) is 4.72 Å². The number of hydrogen-bond donors (Lipinski definition) is 2. The van der Waals surface area contributed by atoms with Gasteiger partial charge in [0, 0.05) is 23.3 Å². The van der Waals surface area contributed by atoms with Crippen LogP contribution in [-0.4, -0.2) is 32.9 Å². The molecule has 0 aliphatic rings. The lowest BCUT2D eigenvalue weighted by Crippen LogP contribution is -2.16. The molecule has 0 atom stereocenters. The third-order valence-electron chi connectivity index (χ3n) is 4.84. The highest BCUT2D eigenvalue weighted by Gasteiger charge is 2.26. The predicted molar refractivity (Wildman–Crippen MR) is 119 cm³/mol. The second-order valence-corrected chi connectivity index (χ2v) is 9.53. The summed E-state index contributed by atoms with van der Waals surface area (Å²) in [5.41, 5.74) is -0.424. The summed E-state index contributed by atoms with van der Waals surface area (Å²) in [4.78, 5) is 19.6. The van der Waals surface area contributed by atoms with E-state index in [-0.39, 0.29) is 20.9 Å². The van der Waals surface area contributed by atoms with Crippen LogP contribution in [0.5, 0.6) is 0 Å². The van der Waals surface area contributed by atoms with Crippen molar-refractivity contribution in [3.05, 3.63) is 76.6 Å². The van der Waals surface area contributed by atoms with E-state index < -0.39 is 38.7 Å². The van der Waals surface area contributed by atoms with Crippen molar-refractivity contribution in [3.8, 4) is 0 Å². The molecule has 13 heteroatoms. The van der Waals surface area contributed by atoms with Crippen molar-refractivity contribution in [1.29, 1.82) is 0 Å². The minimum atomic E-state index is -4.28. The van der Waals surface area contributed by atoms with E-state index in [0.29, 0.717) is 16.7 Å². The molecule has 2 aromatic carbocycles. The number of fused-ring (bicyclic) bond motifs is 2. The number of anilines is 1. The number of benzene rings is 2. The van der Waals surface area contributed by atoms with E-state index in [1.54, 1.807) is 0 Å². The lowest BCUT2D eigenvalue weighted by atomic mass is 10.0. The average Bonchev–Trinajstić information content (AvgIpc) is 3.41. The van der Waals surface area contributed by atoms with Gasteiger partial charge in [-0.2, -0.15) is 8.75 Å². The first-order valence-electron chi connectivity index (χ1n) is 9.15. The molecule has 8 nitrogen and oxygen atoms in total. The molecular formula is C20H10ClF2N5O3S2. The van der Waals surface area contributed by atoms with Crippen molar-refractivity contribution in [2.45, 2.75) is 4.90 Å². The quantitative estimate of drug-likeness (QED) is 0.339. The van der Waals surface area contributed by atoms with Crippen LogP contribution in [0.4, 0.5) is 14.5 Å². The number of sulfonamides is 1. The van der Waals surface area contributed by atoms with E-state index in [2.05, 4.69) is 23.4 Å². The molecule has 5 aromatic rings. The Kier molecular flexibility index (Phi) is 5.07. The first-order valence-corrected chi connectivity index (χ1v) is 11.7. The third-order valence-corrected chi connectivity index (χ3v) is 6.97. The monoisotopic (exact) mass is 505 g/mol. The van der Waals surface area contributed by atoms with Gasteiger partial charge in [-0.05, 0) is 36.4 Å². The molecule has 0 aliphatic heterocycles. The van der Waals surface area contributed by atoms with Crippen LogP contribution in [-0.2, 0) is 10.0 Å². The number of carbonyl (C=O) groups is 1. The smallest absolute Gasteiger partial charge is 0.262 e. The zero-order valence-corrected chi connectivity index (χ0v) is 18.5. The molecule has 0 bridgehead atoms. The van der Waals surface area contributed by atoms with E-state index in [1.165, 1.54) is 36.7 Å². The number of ketones is 1. The SMILES string of the molecule is O=C(c1c(F)ccc(NS(=O)(=O)c2ccc3nsnc3c2)c1F)c1c[nH]c2ncc(Cl)cc12. The van der Waals surface area contributed by atoms with Crippen LogP contribution in [0.25, 0.3) is 22.1 Å². The van der Waals surface area contributed by atoms with Gasteiger partial charge in [-0.15, -0.1) is 0 Å². The highest BCUT2D eigenvalue weighted by molar-refractivity contribution is 7.92. The number of hydrogen-bond acceptors (Lipinski definition) is 7. The minimum absolute atomic E-state index is 0.0701. The fourth-order valence-electron chi connectivity index (χ4n) is 3.27. The third kappa shape index (κ3) is 3.71. The molecule has 5 rings (SSSR count). The van der Waals surface area contributed by atoms with E-state index in [0.717, 1.165) is 23.9 Å².